The maximum absolute atomic E-state index is 13.5. The third kappa shape index (κ3) is 3.78. The van der Waals surface area contributed by atoms with Crippen molar-refractivity contribution >= 4 is 16.7 Å². The van der Waals surface area contributed by atoms with Crippen LogP contribution in [0.1, 0.15) is 33.4 Å². The summed E-state index contributed by atoms with van der Waals surface area (Å²) in [7, 11) is 0. The molecule has 0 N–H and O–H groups in total. The lowest BCUT2D eigenvalue weighted by molar-refractivity contribution is -0.141. The summed E-state index contributed by atoms with van der Waals surface area (Å²) in [4.78, 5) is 19.6. The van der Waals surface area contributed by atoms with E-state index in [1.165, 1.54) is 10.1 Å². The van der Waals surface area contributed by atoms with Gasteiger partial charge in [-0.1, -0.05) is 66.7 Å². The van der Waals surface area contributed by atoms with Gasteiger partial charge in [0.05, 0.1) is 24.3 Å². The molecule has 5 heteroatoms. The first-order valence-electron chi connectivity index (χ1n) is 10.6. The molecular weight excluding hydrogens is 386 g/mol. The molecule has 5 nitrogen and oxygen atoms in total. The average molecular weight is 412 g/mol. The molecule has 0 radical (unpaired) electrons. The van der Waals surface area contributed by atoms with E-state index in [2.05, 4.69) is 47.6 Å². The van der Waals surface area contributed by atoms with Crippen LogP contribution in [-0.4, -0.2) is 27.4 Å². The van der Waals surface area contributed by atoms with Crippen LogP contribution in [0.25, 0.3) is 10.8 Å². The summed E-state index contributed by atoms with van der Waals surface area (Å²) >= 11 is 0. The number of aryl methyl sites for hydroxylation is 2. The minimum Gasteiger partial charge on any atom is -0.297 e. The molecule has 2 heterocycles. The second kappa shape index (κ2) is 8.10. The smallest absolute Gasteiger partial charge is 0.254 e. The Kier molecular flexibility index (Phi) is 5.14. The molecule has 4 aromatic rings. The van der Waals surface area contributed by atoms with Crippen LogP contribution < -0.4 is 0 Å². The van der Waals surface area contributed by atoms with E-state index < -0.39 is 0 Å². The van der Waals surface area contributed by atoms with Gasteiger partial charge in [0.2, 0.25) is 0 Å². The highest BCUT2D eigenvalue weighted by Gasteiger charge is 2.42. The normalized spacial score (nSPS) is 19.2. The van der Waals surface area contributed by atoms with Crippen LogP contribution in [0.15, 0.2) is 78.9 Å². The highest BCUT2D eigenvalue weighted by atomic mass is 16.7. The summed E-state index contributed by atoms with van der Waals surface area (Å²) in [6.07, 6.45) is 0. The highest BCUT2D eigenvalue weighted by molar-refractivity contribution is 5.85. The molecule has 5 rings (SSSR count). The lowest BCUT2D eigenvalue weighted by Gasteiger charge is -2.26. The van der Waals surface area contributed by atoms with Gasteiger partial charge in [-0.25, -0.2) is 4.68 Å². The minimum atomic E-state index is -0.345. The molecule has 0 saturated carbocycles. The molecule has 156 valence electrons. The van der Waals surface area contributed by atoms with Crippen molar-refractivity contribution in [2.45, 2.75) is 26.4 Å². The van der Waals surface area contributed by atoms with Crippen LogP contribution in [0.4, 0.5) is 0 Å². The Bertz CT molecular complexity index is 1230. The topological polar surface area (TPSA) is 47.4 Å². The summed E-state index contributed by atoms with van der Waals surface area (Å²) in [6.45, 7) is 4.77. The Morgan fingerprint density at radius 2 is 1.71 bits per heavy atom. The number of benzene rings is 3. The Morgan fingerprint density at radius 1 is 0.968 bits per heavy atom. The van der Waals surface area contributed by atoms with Crippen molar-refractivity contribution < 1.29 is 9.63 Å². The fraction of sp³-hybridized carbons (Fsp3) is 0.231. The van der Waals surface area contributed by atoms with E-state index in [1.807, 2.05) is 55.3 Å². The molecular formula is C26H25N3O2. The SMILES string of the molecule is Cc1cc(C)n(C(=O)[C@H]2CON(Cc3ccccc3)[C@@H]2c2ccc3ccccc3c2)n1. The van der Waals surface area contributed by atoms with Gasteiger partial charge in [0.15, 0.2) is 0 Å². The number of hydrogen-bond donors (Lipinski definition) is 0. The second-order valence-electron chi connectivity index (χ2n) is 8.19. The Balaban J connectivity index is 1.54. The zero-order valence-corrected chi connectivity index (χ0v) is 17.7. The first kappa shape index (κ1) is 19.7. The van der Waals surface area contributed by atoms with Crippen molar-refractivity contribution in [2.24, 2.45) is 5.92 Å². The number of aromatic nitrogens is 2. The summed E-state index contributed by atoms with van der Waals surface area (Å²) in [5, 5.41) is 8.72. The number of rotatable bonds is 4. The number of carbonyl (C=O) groups excluding carboxylic acids is 1. The molecule has 1 aromatic heterocycles. The predicted octanol–water partition coefficient (Wildman–Crippen LogP) is 5.10. The Morgan fingerprint density at radius 3 is 2.45 bits per heavy atom. The van der Waals surface area contributed by atoms with Gasteiger partial charge in [0, 0.05) is 12.2 Å². The predicted molar refractivity (Wildman–Crippen MR) is 120 cm³/mol. The summed E-state index contributed by atoms with van der Waals surface area (Å²) in [5.74, 6) is -0.373. The maximum atomic E-state index is 13.5. The van der Waals surface area contributed by atoms with E-state index in [0.717, 1.165) is 27.9 Å². The highest BCUT2D eigenvalue weighted by Crippen LogP contribution is 2.38. The first-order chi connectivity index (χ1) is 15.1. The van der Waals surface area contributed by atoms with Crippen LogP contribution in [0, 0.1) is 19.8 Å². The quantitative estimate of drug-likeness (QED) is 0.469. The molecule has 0 bridgehead atoms. The zero-order valence-electron chi connectivity index (χ0n) is 17.7. The van der Waals surface area contributed by atoms with Crippen molar-refractivity contribution in [1.29, 1.82) is 0 Å². The van der Waals surface area contributed by atoms with Crippen LogP contribution >= 0.6 is 0 Å². The summed E-state index contributed by atoms with van der Waals surface area (Å²) in [5.41, 5.74) is 3.91. The van der Waals surface area contributed by atoms with Gasteiger partial charge in [0.1, 0.15) is 0 Å². The van der Waals surface area contributed by atoms with Crippen molar-refractivity contribution in [3.63, 3.8) is 0 Å². The molecule has 1 fully saturated rings. The minimum absolute atomic E-state index is 0.0284. The van der Waals surface area contributed by atoms with Crippen LogP contribution in [0.3, 0.4) is 0 Å². The van der Waals surface area contributed by atoms with Crippen LogP contribution in [0.5, 0.6) is 0 Å². The van der Waals surface area contributed by atoms with Gasteiger partial charge in [0.25, 0.3) is 5.91 Å². The molecule has 0 aliphatic carbocycles. The molecule has 2 atom stereocenters. The van der Waals surface area contributed by atoms with Crippen LogP contribution in [-0.2, 0) is 11.4 Å². The van der Waals surface area contributed by atoms with Gasteiger partial charge in [-0.05, 0) is 47.9 Å². The van der Waals surface area contributed by atoms with Crippen molar-refractivity contribution in [3.05, 3.63) is 101 Å². The molecule has 3 aromatic carbocycles. The standard InChI is InChI=1S/C26H25N3O2/c1-18-14-19(2)29(27-18)26(30)24-17-31-28(16-20-8-4-3-5-9-20)25(24)23-13-12-21-10-6-7-11-22(21)15-23/h3-15,24-25H,16-17H2,1-2H3/t24-,25+/m0/s1. The van der Waals surface area contributed by atoms with E-state index in [4.69, 9.17) is 4.84 Å². The van der Waals surface area contributed by atoms with Gasteiger partial charge >= 0.3 is 0 Å². The number of carbonyl (C=O) groups is 1. The van der Waals surface area contributed by atoms with Crippen molar-refractivity contribution in [1.82, 2.24) is 14.8 Å². The number of hydroxylamine groups is 2. The van der Waals surface area contributed by atoms with Gasteiger partial charge in [-0.3, -0.25) is 9.63 Å². The van der Waals surface area contributed by atoms with E-state index in [9.17, 15) is 4.79 Å². The second-order valence-corrected chi connectivity index (χ2v) is 8.19. The fourth-order valence-electron chi connectivity index (χ4n) is 4.46. The Labute approximate surface area is 181 Å². The molecule has 1 aliphatic heterocycles. The summed E-state index contributed by atoms with van der Waals surface area (Å²) in [6, 6.07) is 26.6. The van der Waals surface area contributed by atoms with E-state index in [1.54, 1.807) is 0 Å². The zero-order chi connectivity index (χ0) is 21.4. The average Bonchev–Trinajstić information content (AvgIpc) is 3.36. The molecule has 0 unspecified atom stereocenters. The number of nitrogens with zero attached hydrogens (tertiary/aromatic N) is 3. The van der Waals surface area contributed by atoms with Gasteiger partial charge in [-0.15, -0.1) is 0 Å². The lowest BCUT2D eigenvalue weighted by Crippen LogP contribution is -2.31. The largest absolute Gasteiger partial charge is 0.297 e. The number of fused-ring (bicyclic) bond motifs is 1. The van der Waals surface area contributed by atoms with Gasteiger partial charge in [-0.2, -0.15) is 10.2 Å². The molecule has 1 aliphatic rings. The fourth-order valence-corrected chi connectivity index (χ4v) is 4.46. The van der Waals surface area contributed by atoms with E-state index in [0.29, 0.717) is 13.2 Å². The first-order valence-corrected chi connectivity index (χ1v) is 10.6. The summed E-state index contributed by atoms with van der Waals surface area (Å²) < 4.78 is 1.53. The lowest BCUT2D eigenvalue weighted by atomic mass is 9.91. The third-order valence-corrected chi connectivity index (χ3v) is 5.94. The van der Waals surface area contributed by atoms with E-state index >= 15 is 0 Å². The maximum Gasteiger partial charge on any atom is 0.254 e. The van der Waals surface area contributed by atoms with Gasteiger partial charge < -0.3 is 0 Å². The third-order valence-electron chi connectivity index (χ3n) is 5.94. The van der Waals surface area contributed by atoms with Crippen molar-refractivity contribution in [3.8, 4) is 0 Å². The molecule has 0 spiro atoms. The monoisotopic (exact) mass is 411 g/mol. The van der Waals surface area contributed by atoms with Crippen molar-refractivity contribution in [2.75, 3.05) is 6.61 Å². The Hall–Kier alpha value is -3.28. The molecule has 1 saturated heterocycles. The van der Waals surface area contributed by atoms with E-state index in [-0.39, 0.29) is 17.9 Å². The van der Waals surface area contributed by atoms with Crippen LogP contribution in [0.2, 0.25) is 0 Å². The number of hydrogen-bond acceptors (Lipinski definition) is 4. The molecule has 31 heavy (non-hydrogen) atoms. The molecule has 0 amide bonds.